The topological polar surface area (TPSA) is 128 Å². The van der Waals surface area contributed by atoms with Gasteiger partial charge in [-0.1, -0.05) is 37.5 Å². The van der Waals surface area contributed by atoms with Gasteiger partial charge in [-0.05, 0) is 51.3 Å². The minimum Gasteiger partial charge on any atom is -0.508 e. The van der Waals surface area contributed by atoms with E-state index in [-0.39, 0.29) is 18.3 Å². The van der Waals surface area contributed by atoms with Gasteiger partial charge in [0.2, 0.25) is 11.8 Å². The highest BCUT2D eigenvalue weighted by molar-refractivity contribution is 5.92. The highest BCUT2D eigenvalue weighted by Crippen LogP contribution is 2.27. The normalized spacial score (nSPS) is 16.1. The van der Waals surface area contributed by atoms with Gasteiger partial charge >= 0.3 is 6.09 Å². The summed E-state index contributed by atoms with van der Waals surface area (Å²) < 4.78 is 5.20. The summed E-state index contributed by atoms with van der Waals surface area (Å²) in [6, 6.07) is 3.68. The lowest BCUT2D eigenvalue weighted by atomic mass is 9.94. The lowest BCUT2D eigenvalue weighted by molar-refractivity contribution is -0.143. The van der Waals surface area contributed by atoms with Crippen molar-refractivity contribution in [1.29, 1.82) is 0 Å². The third-order valence-corrected chi connectivity index (χ3v) is 5.48. The van der Waals surface area contributed by atoms with Crippen LogP contribution in [0, 0.1) is 0 Å². The zero-order valence-electron chi connectivity index (χ0n) is 20.3. The van der Waals surface area contributed by atoms with Crippen LogP contribution in [0.5, 0.6) is 5.75 Å². The minimum atomic E-state index is -1.34. The van der Waals surface area contributed by atoms with Crippen molar-refractivity contribution in [3.8, 4) is 5.75 Å². The molecule has 2 rings (SSSR count). The number of phenolic OH excluding ortho intramolecular Hbond substituents is 1. The molecule has 0 saturated heterocycles. The van der Waals surface area contributed by atoms with E-state index in [9.17, 15) is 24.6 Å². The number of nitrogens with zero attached hydrogens (tertiary/aromatic N) is 1. The number of carbonyl (C=O) groups is 3. The van der Waals surface area contributed by atoms with Crippen LogP contribution in [0.3, 0.4) is 0 Å². The predicted molar refractivity (Wildman–Crippen MR) is 128 cm³/mol. The molecule has 34 heavy (non-hydrogen) atoms. The quantitative estimate of drug-likeness (QED) is 0.407. The van der Waals surface area contributed by atoms with Gasteiger partial charge in [0.15, 0.2) is 0 Å². The molecule has 1 aliphatic carbocycles. The molecule has 0 aromatic heterocycles. The molecular weight excluding hydrogens is 438 g/mol. The Morgan fingerprint density at radius 1 is 1.24 bits per heavy atom. The van der Waals surface area contributed by atoms with Crippen LogP contribution in [-0.2, 0) is 14.3 Å². The molecular formula is C25H37N3O6. The molecule has 0 radical (unpaired) electrons. The second-order valence-corrected chi connectivity index (χ2v) is 9.50. The summed E-state index contributed by atoms with van der Waals surface area (Å²) in [4.78, 5) is 40.4. The molecule has 0 bridgehead atoms. The van der Waals surface area contributed by atoms with Crippen molar-refractivity contribution >= 4 is 17.9 Å². The molecule has 0 aliphatic heterocycles. The Labute approximate surface area is 201 Å². The number of hydrogen-bond donors (Lipinski definition) is 4. The number of alkyl carbamates (subject to hydrolysis) is 1. The van der Waals surface area contributed by atoms with Crippen LogP contribution in [0.2, 0.25) is 0 Å². The van der Waals surface area contributed by atoms with E-state index in [1.54, 1.807) is 32.9 Å². The predicted octanol–water partition coefficient (Wildman–Crippen LogP) is 2.78. The summed E-state index contributed by atoms with van der Waals surface area (Å²) in [6.07, 6.45) is 5.47. The fraction of sp³-hybridized carbons (Fsp3) is 0.560. The maximum Gasteiger partial charge on any atom is 0.408 e. The molecule has 3 amide bonds. The number of phenols is 1. The summed E-state index contributed by atoms with van der Waals surface area (Å²) in [5.41, 5.74) is -0.393. The molecule has 2 unspecified atom stereocenters. The van der Waals surface area contributed by atoms with Crippen LogP contribution < -0.4 is 10.6 Å². The van der Waals surface area contributed by atoms with E-state index in [0.717, 1.165) is 32.1 Å². The molecule has 1 fully saturated rings. The molecule has 1 aliphatic rings. The van der Waals surface area contributed by atoms with Crippen LogP contribution >= 0.6 is 0 Å². The van der Waals surface area contributed by atoms with Gasteiger partial charge in [-0.2, -0.15) is 0 Å². The first-order valence-electron chi connectivity index (χ1n) is 11.7. The zero-order valence-corrected chi connectivity index (χ0v) is 20.3. The van der Waals surface area contributed by atoms with Crippen molar-refractivity contribution in [2.24, 2.45) is 0 Å². The van der Waals surface area contributed by atoms with Gasteiger partial charge in [0.05, 0.1) is 6.61 Å². The van der Waals surface area contributed by atoms with Crippen LogP contribution in [0.15, 0.2) is 36.9 Å². The summed E-state index contributed by atoms with van der Waals surface area (Å²) in [7, 11) is 0. The lowest BCUT2D eigenvalue weighted by Gasteiger charge is -2.34. The standard InChI is InChI=1S/C25H37N3O6/c1-5-14-28(23(32)20(16-29)27-24(33)34-25(2,3)4)21(17-10-9-13-19(30)15-17)22(31)26-18-11-7-6-8-12-18/h5,9-10,13,15,18,20-21,29-30H,1,6-8,11-12,14,16H2,2-4H3,(H,26,31)(H,27,33). The fourth-order valence-electron chi connectivity index (χ4n) is 3.99. The Hall–Kier alpha value is -3.07. The second kappa shape index (κ2) is 12.4. The van der Waals surface area contributed by atoms with E-state index in [4.69, 9.17) is 4.74 Å². The number of nitrogens with one attached hydrogen (secondary N) is 2. The summed E-state index contributed by atoms with van der Waals surface area (Å²) in [5, 5.41) is 25.3. The van der Waals surface area contributed by atoms with Crippen molar-refractivity contribution in [3.05, 3.63) is 42.5 Å². The number of aromatic hydroxyl groups is 1. The van der Waals surface area contributed by atoms with Crippen LogP contribution in [-0.4, -0.2) is 63.9 Å². The molecule has 9 nitrogen and oxygen atoms in total. The van der Waals surface area contributed by atoms with Gasteiger partial charge in [0.25, 0.3) is 0 Å². The molecule has 1 aromatic rings. The molecule has 4 N–H and O–H groups in total. The van der Waals surface area contributed by atoms with Gasteiger partial charge in [-0.3, -0.25) is 9.59 Å². The van der Waals surface area contributed by atoms with Crippen molar-refractivity contribution in [2.45, 2.75) is 76.6 Å². The van der Waals surface area contributed by atoms with E-state index in [1.165, 1.54) is 23.1 Å². The molecule has 9 heteroatoms. The highest BCUT2D eigenvalue weighted by atomic mass is 16.6. The minimum absolute atomic E-state index is 0.00438. The van der Waals surface area contributed by atoms with Gasteiger partial charge in [0, 0.05) is 12.6 Å². The average molecular weight is 476 g/mol. The smallest absolute Gasteiger partial charge is 0.408 e. The largest absolute Gasteiger partial charge is 0.508 e. The van der Waals surface area contributed by atoms with Crippen molar-refractivity contribution in [3.63, 3.8) is 0 Å². The number of amides is 3. The number of aliphatic hydroxyl groups is 1. The van der Waals surface area contributed by atoms with Crippen molar-refractivity contribution < 1.29 is 29.3 Å². The molecule has 0 spiro atoms. The lowest BCUT2D eigenvalue weighted by Crippen LogP contribution is -2.55. The number of benzene rings is 1. The average Bonchev–Trinajstić information content (AvgIpc) is 2.76. The Morgan fingerprint density at radius 3 is 2.47 bits per heavy atom. The zero-order chi connectivity index (χ0) is 25.3. The van der Waals surface area contributed by atoms with Gasteiger partial charge in [0.1, 0.15) is 23.4 Å². The SMILES string of the molecule is C=CCN(C(=O)C(CO)NC(=O)OC(C)(C)C)C(C(=O)NC1CCCCC1)c1cccc(O)c1. The van der Waals surface area contributed by atoms with E-state index in [1.807, 2.05) is 0 Å². The molecule has 188 valence electrons. The molecule has 1 saturated carbocycles. The Kier molecular flexibility index (Phi) is 9.92. The van der Waals surface area contributed by atoms with Crippen LogP contribution in [0.1, 0.15) is 64.5 Å². The van der Waals surface area contributed by atoms with E-state index in [2.05, 4.69) is 17.2 Å². The first-order valence-corrected chi connectivity index (χ1v) is 11.7. The Bertz CT molecular complexity index is 860. The van der Waals surface area contributed by atoms with Gasteiger partial charge in [-0.25, -0.2) is 4.79 Å². The summed E-state index contributed by atoms with van der Waals surface area (Å²) in [5.74, 6) is -1.13. The van der Waals surface area contributed by atoms with Crippen LogP contribution in [0.25, 0.3) is 0 Å². The van der Waals surface area contributed by atoms with E-state index < -0.39 is 42.2 Å². The van der Waals surface area contributed by atoms with Gasteiger partial charge in [-0.15, -0.1) is 6.58 Å². The maximum absolute atomic E-state index is 13.5. The first-order chi connectivity index (χ1) is 16.1. The number of hydrogen-bond acceptors (Lipinski definition) is 6. The third kappa shape index (κ3) is 8.06. The number of rotatable bonds is 9. The van der Waals surface area contributed by atoms with E-state index in [0.29, 0.717) is 5.56 Å². The van der Waals surface area contributed by atoms with E-state index >= 15 is 0 Å². The first kappa shape index (κ1) is 27.2. The number of aliphatic hydroxyl groups excluding tert-OH is 1. The third-order valence-electron chi connectivity index (χ3n) is 5.48. The van der Waals surface area contributed by atoms with Crippen molar-refractivity contribution in [2.75, 3.05) is 13.2 Å². The second-order valence-electron chi connectivity index (χ2n) is 9.50. The van der Waals surface area contributed by atoms with Crippen molar-refractivity contribution in [1.82, 2.24) is 15.5 Å². The maximum atomic E-state index is 13.5. The molecule has 2 atom stereocenters. The number of ether oxygens (including phenoxy) is 1. The summed E-state index contributed by atoms with van der Waals surface area (Å²) >= 11 is 0. The molecule has 0 heterocycles. The number of carbonyl (C=O) groups excluding carboxylic acids is 3. The Morgan fingerprint density at radius 2 is 1.91 bits per heavy atom. The Balaban J connectivity index is 2.35. The van der Waals surface area contributed by atoms with Gasteiger partial charge < -0.3 is 30.5 Å². The van der Waals surface area contributed by atoms with Crippen LogP contribution in [0.4, 0.5) is 4.79 Å². The highest BCUT2D eigenvalue weighted by Gasteiger charge is 2.36. The monoisotopic (exact) mass is 475 g/mol. The molecule has 1 aromatic carbocycles. The summed E-state index contributed by atoms with van der Waals surface area (Å²) in [6.45, 7) is 8.02. The fourth-order valence-corrected chi connectivity index (χ4v) is 3.99.